The highest BCUT2D eigenvalue weighted by molar-refractivity contribution is 5.45. The first-order chi connectivity index (χ1) is 9.91. The van der Waals surface area contributed by atoms with Gasteiger partial charge in [0.15, 0.2) is 0 Å². The molecule has 4 nitrogen and oxygen atoms in total. The van der Waals surface area contributed by atoms with Crippen molar-refractivity contribution >= 4 is 6.41 Å². The summed E-state index contributed by atoms with van der Waals surface area (Å²) in [7, 11) is 0. The van der Waals surface area contributed by atoms with Gasteiger partial charge < -0.3 is 5.11 Å². The van der Waals surface area contributed by atoms with Crippen LogP contribution in [-0.2, 0) is 29.1 Å². The first-order valence-electron chi connectivity index (χ1n) is 7.54. The zero-order valence-electron chi connectivity index (χ0n) is 13.1. The summed E-state index contributed by atoms with van der Waals surface area (Å²) in [5, 5.41) is 10.6. The van der Waals surface area contributed by atoms with Gasteiger partial charge in [0.25, 0.3) is 0 Å². The van der Waals surface area contributed by atoms with E-state index in [2.05, 4.69) is 12.1 Å². The molecule has 0 aliphatic heterocycles. The van der Waals surface area contributed by atoms with E-state index < -0.39 is 0 Å². The maximum Gasteiger partial charge on any atom is 0.233 e. The molecule has 0 bridgehead atoms. The molecule has 1 aliphatic carbocycles. The number of hydrogen-bond donors (Lipinski definition) is 1. The lowest BCUT2D eigenvalue weighted by Crippen LogP contribution is -2.37. The second-order valence-electron chi connectivity index (χ2n) is 6.78. The number of hydroxylamine groups is 2. The van der Waals surface area contributed by atoms with E-state index >= 15 is 0 Å². The van der Waals surface area contributed by atoms with Crippen molar-refractivity contribution in [3.8, 4) is 0 Å². The first-order valence-corrected chi connectivity index (χ1v) is 7.54. The summed E-state index contributed by atoms with van der Waals surface area (Å²) in [6, 6.07) is 6.17. The van der Waals surface area contributed by atoms with Gasteiger partial charge in [0, 0.05) is 0 Å². The standard InChI is InChI=1S/C17H25NO3/c1-17(2,3)21-18(12-20)10-13-4-6-16-9-14(11-19)5-7-15(16)8-13/h5,7,9,12-13,19H,4,6,8,10-11H2,1-3H3/t13-/m0/s1. The third-order valence-corrected chi connectivity index (χ3v) is 3.73. The number of aryl methyl sites for hydroxylation is 1. The predicted octanol–water partition coefficient (Wildman–Crippen LogP) is 2.47. The van der Waals surface area contributed by atoms with Gasteiger partial charge in [-0.15, -0.1) is 0 Å². The summed E-state index contributed by atoms with van der Waals surface area (Å²) in [5.41, 5.74) is 3.26. The zero-order chi connectivity index (χ0) is 15.5. The van der Waals surface area contributed by atoms with Crippen molar-refractivity contribution in [2.45, 2.75) is 52.2 Å². The van der Waals surface area contributed by atoms with Gasteiger partial charge in [0.2, 0.25) is 6.41 Å². The highest BCUT2D eigenvalue weighted by Gasteiger charge is 2.23. The molecule has 0 aromatic heterocycles. The summed E-state index contributed by atoms with van der Waals surface area (Å²) in [5.74, 6) is 0.421. The van der Waals surface area contributed by atoms with Crippen LogP contribution in [0.15, 0.2) is 18.2 Å². The minimum absolute atomic E-state index is 0.0923. The lowest BCUT2D eigenvalue weighted by molar-refractivity contribution is -0.220. The van der Waals surface area contributed by atoms with Crippen LogP contribution >= 0.6 is 0 Å². The Morgan fingerprint density at radius 2 is 2.14 bits per heavy atom. The van der Waals surface area contributed by atoms with Crippen molar-refractivity contribution in [2.75, 3.05) is 6.54 Å². The Labute approximate surface area is 126 Å². The third kappa shape index (κ3) is 4.55. The molecule has 4 heteroatoms. The number of benzene rings is 1. The van der Waals surface area contributed by atoms with E-state index in [9.17, 15) is 9.90 Å². The Kier molecular flexibility index (Phi) is 5.01. The third-order valence-electron chi connectivity index (χ3n) is 3.73. The van der Waals surface area contributed by atoms with Crippen molar-refractivity contribution in [3.63, 3.8) is 0 Å². The fraction of sp³-hybridized carbons (Fsp3) is 0.588. The molecule has 0 heterocycles. The van der Waals surface area contributed by atoms with Crippen LogP contribution in [-0.4, -0.2) is 28.7 Å². The molecule has 1 amide bonds. The largest absolute Gasteiger partial charge is 0.392 e. The average molecular weight is 291 g/mol. The van der Waals surface area contributed by atoms with Crippen LogP contribution in [0.5, 0.6) is 0 Å². The molecular weight excluding hydrogens is 266 g/mol. The van der Waals surface area contributed by atoms with E-state index in [0.717, 1.165) is 31.2 Å². The molecule has 2 rings (SSSR count). The van der Waals surface area contributed by atoms with Crippen LogP contribution in [0.1, 0.15) is 43.9 Å². The average Bonchev–Trinajstić information content (AvgIpc) is 2.44. The van der Waals surface area contributed by atoms with Gasteiger partial charge in [-0.3, -0.25) is 9.63 Å². The van der Waals surface area contributed by atoms with Gasteiger partial charge in [-0.1, -0.05) is 18.2 Å². The number of carbonyl (C=O) groups excluding carboxylic acids is 1. The van der Waals surface area contributed by atoms with Crippen LogP contribution in [0.2, 0.25) is 0 Å². The molecule has 1 aliphatic rings. The van der Waals surface area contributed by atoms with Crippen molar-refractivity contribution in [2.24, 2.45) is 5.92 Å². The first kappa shape index (κ1) is 16.0. The van der Waals surface area contributed by atoms with Crippen LogP contribution in [0.3, 0.4) is 0 Å². The number of nitrogens with zero attached hydrogens (tertiary/aromatic N) is 1. The number of rotatable bonds is 5. The molecule has 1 atom stereocenters. The van der Waals surface area contributed by atoms with Gasteiger partial charge in [0.1, 0.15) is 0 Å². The van der Waals surface area contributed by atoms with Gasteiger partial charge in [-0.25, -0.2) is 5.06 Å². The zero-order valence-corrected chi connectivity index (χ0v) is 13.1. The van der Waals surface area contributed by atoms with Gasteiger partial charge in [0.05, 0.1) is 18.8 Å². The van der Waals surface area contributed by atoms with Crippen molar-refractivity contribution in [1.29, 1.82) is 0 Å². The number of carbonyl (C=O) groups is 1. The molecule has 1 aromatic carbocycles. The maximum atomic E-state index is 11.2. The Morgan fingerprint density at radius 3 is 2.76 bits per heavy atom. The molecule has 0 radical (unpaired) electrons. The number of fused-ring (bicyclic) bond motifs is 1. The molecule has 0 spiro atoms. The molecule has 0 saturated carbocycles. The van der Waals surface area contributed by atoms with Gasteiger partial charge in [-0.2, -0.15) is 0 Å². The smallest absolute Gasteiger partial charge is 0.233 e. The Balaban J connectivity index is 1.99. The van der Waals surface area contributed by atoms with Crippen molar-refractivity contribution in [1.82, 2.24) is 5.06 Å². The van der Waals surface area contributed by atoms with Crippen molar-refractivity contribution in [3.05, 3.63) is 34.9 Å². The molecular formula is C17H25NO3. The van der Waals surface area contributed by atoms with E-state index in [1.54, 1.807) is 0 Å². The molecule has 0 fully saturated rings. The van der Waals surface area contributed by atoms with E-state index in [-0.39, 0.29) is 12.2 Å². The van der Waals surface area contributed by atoms with E-state index in [1.807, 2.05) is 26.8 Å². The minimum Gasteiger partial charge on any atom is -0.392 e. The summed E-state index contributed by atoms with van der Waals surface area (Å²) < 4.78 is 0. The molecule has 1 N–H and O–H groups in total. The highest BCUT2D eigenvalue weighted by Crippen LogP contribution is 2.27. The lowest BCUT2D eigenvalue weighted by Gasteiger charge is -2.32. The lowest BCUT2D eigenvalue weighted by atomic mass is 9.83. The number of aliphatic hydroxyl groups excluding tert-OH is 1. The number of hydrogen-bond acceptors (Lipinski definition) is 3. The second kappa shape index (κ2) is 6.58. The number of amides is 1. The SMILES string of the molecule is CC(C)(C)ON(C=O)C[C@H]1CCc2cc(CO)ccc2C1. The molecule has 21 heavy (non-hydrogen) atoms. The summed E-state index contributed by atoms with van der Waals surface area (Å²) in [6.45, 7) is 6.54. The maximum absolute atomic E-state index is 11.2. The monoisotopic (exact) mass is 291 g/mol. The van der Waals surface area contributed by atoms with E-state index in [4.69, 9.17) is 4.84 Å². The van der Waals surface area contributed by atoms with Gasteiger partial charge in [-0.05, 0) is 62.6 Å². The van der Waals surface area contributed by atoms with Crippen LogP contribution in [0.4, 0.5) is 0 Å². The molecule has 116 valence electrons. The summed E-state index contributed by atoms with van der Waals surface area (Å²) in [4.78, 5) is 16.8. The quantitative estimate of drug-likeness (QED) is 0.670. The minimum atomic E-state index is -0.358. The fourth-order valence-electron chi connectivity index (χ4n) is 2.85. The molecule has 1 aromatic rings. The topological polar surface area (TPSA) is 49.8 Å². The van der Waals surface area contributed by atoms with E-state index in [0.29, 0.717) is 12.5 Å². The fourth-order valence-corrected chi connectivity index (χ4v) is 2.85. The van der Waals surface area contributed by atoms with Crippen LogP contribution in [0, 0.1) is 5.92 Å². The summed E-state index contributed by atoms with van der Waals surface area (Å²) in [6.07, 6.45) is 3.77. The Bertz CT molecular complexity index is 493. The normalized spacial score (nSPS) is 18.2. The highest BCUT2D eigenvalue weighted by atomic mass is 16.7. The van der Waals surface area contributed by atoms with Gasteiger partial charge >= 0.3 is 0 Å². The predicted molar refractivity (Wildman–Crippen MR) is 81.5 cm³/mol. The Morgan fingerprint density at radius 1 is 1.38 bits per heavy atom. The summed E-state index contributed by atoms with van der Waals surface area (Å²) >= 11 is 0. The van der Waals surface area contributed by atoms with Crippen LogP contribution < -0.4 is 0 Å². The molecule has 0 unspecified atom stereocenters. The van der Waals surface area contributed by atoms with Crippen molar-refractivity contribution < 1.29 is 14.7 Å². The molecule has 0 saturated heterocycles. The second-order valence-corrected chi connectivity index (χ2v) is 6.78. The number of aliphatic hydroxyl groups is 1. The van der Waals surface area contributed by atoms with E-state index in [1.165, 1.54) is 16.2 Å². The van der Waals surface area contributed by atoms with Crippen LogP contribution in [0.25, 0.3) is 0 Å². The Hall–Kier alpha value is -1.39.